The molecule has 8 heteroatoms. The van der Waals surface area contributed by atoms with Crippen LogP contribution in [0.4, 0.5) is 0 Å². The van der Waals surface area contributed by atoms with Gasteiger partial charge >= 0.3 is 0 Å². The summed E-state index contributed by atoms with van der Waals surface area (Å²) in [6.45, 7) is 13.9. The molecule has 3 aliphatic rings. The van der Waals surface area contributed by atoms with Crippen LogP contribution in [0.3, 0.4) is 0 Å². The number of nitrogens with one attached hydrogen (secondary N) is 1. The van der Waals surface area contributed by atoms with Gasteiger partial charge in [-0.2, -0.15) is 21.0 Å². The van der Waals surface area contributed by atoms with E-state index in [9.17, 15) is 21.0 Å². The second-order valence-electron chi connectivity index (χ2n) is 12.1. The van der Waals surface area contributed by atoms with Crippen LogP contribution in [0.25, 0.3) is 0 Å². The number of rotatable bonds is 4. The topological polar surface area (TPSA) is 137 Å². The van der Waals surface area contributed by atoms with Crippen molar-refractivity contribution in [1.29, 1.82) is 26.5 Å². The summed E-state index contributed by atoms with van der Waals surface area (Å²) < 4.78 is 11.8. The maximum atomic E-state index is 9.88. The highest BCUT2D eigenvalue weighted by molar-refractivity contribution is 6.32. The highest BCUT2D eigenvalue weighted by Crippen LogP contribution is 2.46. The lowest BCUT2D eigenvalue weighted by Gasteiger charge is -2.35. The first-order valence-corrected chi connectivity index (χ1v) is 13.5. The van der Waals surface area contributed by atoms with Crippen LogP contribution in [0.1, 0.15) is 61.3 Å². The lowest BCUT2D eigenvalue weighted by Crippen LogP contribution is -2.25. The summed E-state index contributed by atoms with van der Waals surface area (Å²) in [5.74, 6) is 2.71. The summed E-state index contributed by atoms with van der Waals surface area (Å²) in [5, 5.41) is 45.9. The van der Waals surface area contributed by atoms with Gasteiger partial charge in [0.05, 0.1) is 0 Å². The lowest BCUT2D eigenvalue weighted by atomic mass is 9.70. The zero-order valence-electron chi connectivity index (χ0n) is 24.4. The van der Waals surface area contributed by atoms with Gasteiger partial charge in [-0.1, -0.05) is 56.7 Å². The molecule has 2 aliphatic heterocycles. The van der Waals surface area contributed by atoms with Gasteiger partial charge in [0.1, 0.15) is 46.8 Å². The molecule has 0 radical (unpaired) electrons. The highest BCUT2D eigenvalue weighted by Gasteiger charge is 2.39. The molecular weight excluding hydrogens is 534 g/mol. The Morgan fingerprint density at radius 2 is 1.63 bits per heavy atom. The van der Waals surface area contributed by atoms with Crippen LogP contribution >= 0.6 is 11.6 Å². The minimum Gasteiger partial charge on any atom is -0.481 e. The fraction of sp³-hybridized carbons (Fsp3) is 0.394. The minimum atomic E-state index is -0.921. The van der Waals surface area contributed by atoms with Gasteiger partial charge < -0.3 is 9.47 Å². The van der Waals surface area contributed by atoms with Crippen LogP contribution in [0.2, 0.25) is 0 Å². The maximum Gasteiger partial charge on any atom is 0.172 e. The first kappa shape index (κ1) is 31.0. The van der Waals surface area contributed by atoms with E-state index < -0.39 is 11.2 Å². The molecule has 7 nitrogen and oxygen atoms in total. The molecule has 3 rings (SSSR count). The predicted molar refractivity (Wildman–Crippen MR) is 157 cm³/mol. The minimum absolute atomic E-state index is 0.00288. The fourth-order valence-electron chi connectivity index (χ4n) is 4.93. The molecule has 0 aromatic heterocycles. The molecular formula is C33H32ClN5O2. The van der Waals surface area contributed by atoms with E-state index in [0.29, 0.717) is 16.4 Å². The number of halogens is 1. The molecule has 0 amide bonds. The third-order valence-electron chi connectivity index (χ3n) is 7.53. The SMILES string of the molecule is CC1(C)OC(=C(C#N)C#N)C(C#N)=C1/C=C/C1=C(Cl)C(=C/C=C2/C=C(C(=C=N)C#N)OC2(C)C)/CC(C(C)(C)C)C1. The van der Waals surface area contributed by atoms with Crippen LogP contribution in [-0.2, 0) is 9.47 Å². The van der Waals surface area contributed by atoms with Crippen LogP contribution < -0.4 is 0 Å². The van der Waals surface area contributed by atoms with Crippen molar-refractivity contribution in [3.8, 4) is 24.3 Å². The molecule has 1 atom stereocenters. The van der Waals surface area contributed by atoms with Gasteiger partial charge in [-0.05, 0) is 74.7 Å². The average Bonchev–Trinajstić information content (AvgIpc) is 3.33. The summed E-state index contributed by atoms with van der Waals surface area (Å²) in [6, 6.07) is 7.67. The third kappa shape index (κ3) is 6.30. The molecule has 208 valence electrons. The summed E-state index contributed by atoms with van der Waals surface area (Å²) in [6.07, 6.45) is 10.8. The van der Waals surface area contributed by atoms with Crippen molar-refractivity contribution in [2.45, 2.75) is 72.5 Å². The third-order valence-corrected chi connectivity index (χ3v) is 8.02. The second-order valence-corrected chi connectivity index (χ2v) is 12.5. The number of ether oxygens (including phenoxy) is 2. The van der Waals surface area contributed by atoms with Gasteiger partial charge in [-0.3, -0.25) is 5.41 Å². The summed E-state index contributed by atoms with van der Waals surface area (Å²) in [4.78, 5) is 0. The van der Waals surface area contributed by atoms with Crippen molar-refractivity contribution < 1.29 is 9.47 Å². The van der Waals surface area contributed by atoms with Gasteiger partial charge in [0, 0.05) is 16.5 Å². The summed E-state index contributed by atoms with van der Waals surface area (Å²) >= 11 is 6.99. The molecule has 41 heavy (non-hydrogen) atoms. The maximum absolute atomic E-state index is 9.88. The Morgan fingerprint density at radius 1 is 0.976 bits per heavy atom. The zero-order valence-corrected chi connectivity index (χ0v) is 25.1. The molecule has 1 N–H and O–H groups in total. The summed E-state index contributed by atoms with van der Waals surface area (Å²) in [7, 11) is 0. The van der Waals surface area contributed by atoms with E-state index in [1.54, 1.807) is 26.0 Å². The number of nitrogens with zero attached hydrogens (tertiary/aromatic N) is 4. The van der Waals surface area contributed by atoms with Gasteiger partial charge in [0.15, 0.2) is 16.9 Å². The average molecular weight is 566 g/mol. The molecule has 1 aliphatic carbocycles. The van der Waals surface area contributed by atoms with E-state index in [1.165, 1.54) is 0 Å². The van der Waals surface area contributed by atoms with Gasteiger partial charge in [-0.25, -0.2) is 0 Å². The fourth-order valence-corrected chi connectivity index (χ4v) is 5.21. The molecule has 0 spiro atoms. The Balaban J connectivity index is 2.13. The number of nitriles is 4. The number of hydrogen-bond donors (Lipinski definition) is 1. The van der Waals surface area contributed by atoms with Gasteiger partial charge in [0.2, 0.25) is 0 Å². The molecule has 0 aromatic rings. The highest BCUT2D eigenvalue weighted by atomic mass is 35.5. The normalized spacial score (nSPS) is 23.3. The van der Waals surface area contributed by atoms with E-state index in [2.05, 4.69) is 32.7 Å². The molecule has 0 aromatic carbocycles. The smallest absolute Gasteiger partial charge is 0.172 e. The lowest BCUT2D eigenvalue weighted by molar-refractivity contribution is 0.0950. The quantitative estimate of drug-likeness (QED) is 0.274. The monoisotopic (exact) mass is 565 g/mol. The van der Waals surface area contributed by atoms with Crippen LogP contribution in [0, 0.1) is 62.1 Å². The second kappa shape index (κ2) is 11.5. The zero-order chi connectivity index (χ0) is 30.8. The van der Waals surface area contributed by atoms with Crippen molar-refractivity contribution >= 4 is 17.5 Å². The van der Waals surface area contributed by atoms with Crippen LogP contribution in [-0.4, -0.2) is 17.1 Å². The first-order chi connectivity index (χ1) is 19.1. The van der Waals surface area contributed by atoms with E-state index in [4.69, 9.17) is 26.5 Å². The first-order valence-electron chi connectivity index (χ1n) is 13.1. The van der Waals surface area contributed by atoms with E-state index in [1.807, 2.05) is 50.3 Å². The molecule has 0 fully saturated rings. The number of allylic oxidation sites excluding steroid dienone is 9. The van der Waals surface area contributed by atoms with Crippen molar-refractivity contribution in [1.82, 2.24) is 0 Å². The predicted octanol–water partition coefficient (Wildman–Crippen LogP) is 7.67. The van der Waals surface area contributed by atoms with Gasteiger partial charge in [0.25, 0.3) is 0 Å². The molecule has 1 unspecified atom stereocenters. The van der Waals surface area contributed by atoms with Crippen LogP contribution in [0.5, 0.6) is 0 Å². The Bertz CT molecular complexity index is 1600. The van der Waals surface area contributed by atoms with E-state index >= 15 is 0 Å². The van der Waals surface area contributed by atoms with Gasteiger partial charge in [-0.15, -0.1) is 0 Å². The molecule has 0 saturated heterocycles. The molecule has 0 saturated carbocycles. The Kier molecular flexibility index (Phi) is 8.72. The summed E-state index contributed by atoms with van der Waals surface area (Å²) in [5.41, 5.74) is 1.56. The van der Waals surface area contributed by atoms with Crippen molar-refractivity contribution in [3.63, 3.8) is 0 Å². The molecule has 2 heterocycles. The van der Waals surface area contributed by atoms with E-state index in [-0.39, 0.29) is 33.8 Å². The number of hydrogen-bond acceptors (Lipinski definition) is 7. The Morgan fingerprint density at radius 3 is 2.17 bits per heavy atom. The largest absolute Gasteiger partial charge is 0.481 e. The van der Waals surface area contributed by atoms with Crippen molar-refractivity contribution in [3.05, 3.63) is 85.9 Å². The van der Waals surface area contributed by atoms with Crippen molar-refractivity contribution in [2.75, 3.05) is 0 Å². The standard InChI is InChI=1S/C33H32ClN5O2/c1-31(2,3)25-12-20(8-10-24-14-28(22(15-35)16-36)40-32(24,4)5)29(34)21(13-25)9-11-27-26(19-39)30(23(17-37)18-38)41-33(27,6)7/h8-11,14,25,35H,12-13H2,1-7H3/b11-9+,20-8+,24-10-. The van der Waals surface area contributed by atoms with Crippen molar-refractivity contribution in [2.24, 2.45) is 11.3 Å². The Hall–Kier alpha value is -4.52. The Labute approximate surface area is 247 Å². The van der Waals surface area contributed by atoms with E-state index in [0.717, 1.165) is 29.6 Å². The van der Waals surface area contributed by atoms with Crippen LogP contribution in [0.15, 0.2) is 85.9 Å². The molecule has 0 bridgehead atoms.